The first-order chi connectivity index (χ1) is 12.4. The van der Waals surface area contributed by atoms with Crippen LogP contribution in [-0.4, -0.2) is 34.8 Å². The van der Waals surface area contributed by atoms with Gasteiger partial charge in [-0.2, -0.15) is 0 Å². The topological polar surface area (TPSA) is 78.5 Å². The highest BCUT2D eigenvalue weighted by Crippen LogP contribution is 2.34. The van der Waals surface area contributed by atoms with Crippen molar-refractivity contribution >= 4 is 17.8 Å². The zero-order chi connectivity index (χ0) is 18.7. The van der Waals surface area contributed by atoms with E-state index in [2.05, 4.69) is 10.6 Å². The Kier molecular flexibility index (Phi) is 5.30. The van der Waals surface area contributed by atoms with Crippen molar-refractivity contribution in [1.29, 1.82) is 0 Å². The molecule has 0 bridgehead atoms. The van der Waals surface area contributed by atoms with Crippen molar-refractivity contribution in [3.63, 3.8) is 0 Å². The van der Waals surface area contributed by atoms with Crippen LogP contribution >= 0.6 is 0 Å². The standard InChI is InChI=1S/C20H27N3O3/c1-20(2)18(25)23(19(26)22-20)13-16(24)21-17(14-9-5-3-6-10-14)15-11-7-4-8-12-15/h3,5-6,9-10,15,17H,4,7-8,11-13H2,1-2H3,(H,21,24)(H,22,26)/t17-/m1/s1. The van der Waals surface area contributed by atoms with Gasteiger partial charge in [0.1, 0.15) is 12.1 Å². The van der Waals surface area contributed by atoms with Crippen LogP contribution in [0.1, 0.15) is 57.6 Å². The van der Waals surface area contributed by atoms with E-state index in [9.17, 15) is 14.4 Å². The molecule has 1 heterocycles. The zero-order valence-corrected chi connectivity index (χ0v) is 15.5. The SMILES string of the molecule is CC1(C)NC(=O)N(CC(=O)N[C@H](c2ccccc2)C2CCCCC2)C1=O. The molecule has 0 aromatic heterocycles. The first-order valence-corrected chi connectivity index (χ1v) is 9.37. The van der Waals surface area contributed by atoms with Crippen molar-refractivity contribution in [3.8, 4) is 0 Å². The molecule has 1 aliphatic carbocycles. The first-order valence-electron chi connectivity index (χ1n) is 9.37. The van der Waals surface area contributed by atoms with Crippen LogP contribution in [0.4, 0.5) is 4.79 Å². The van der Waals surface area contributed by atoms with Gasteiger partial charge in [-0.05, 0) is 38.2 Å². The summed E-state index contributed by atoms with van der Waals surface area (Å²) >= 11 is 0. The number of amides is 4. The summed E-state index contributed by atoms with van der Waals surface area (Å²) in [4.78, 5) is 37.9. The van der Waals surface area contributed by atoms with Crippen LogP contribution in [0.15, 0.2) is 30.3 Å². The van der Waals surface area contributed by atoms with E-state index in [-0.39, 0.29) is 24.4 Å². The summed E-state index contributed by atoms with van der Waals surface area (Å²) < 4.78 is 0. The van der Waals surface area contributed by atoms with Gasteiger partial charge in [0, 0.05) is 0 Å². The van der Waals surface area contributed by atoms with E-state index < -0.39 is 11.6 Å². The summed E-state index contributed by atoms with van der Waals surface area (Å²) in [6.07, 6.45) is 5.74. The second-order valence-electron chi connectivity index (χ2n) is 7.80. The van der Waals surface area contributed by atoms with Gasteiger partial charge in [-0.25, -0.2) is 4.79 Å². The van der Waals surface area contributed by atoms with Gasteiger partial charge in [-0.15, -0.1) is 0 Å². The van der Waals surface area contributed by atoms with Gasteiger partial charge >= 0.3 is 6.03 Å². The number of benzene rings is 1. The van der Waals surface area contributed by atoms with Gasteiger partial charge in [0.15, 0.2) is 0 Å². The molecule has 0 spiro atoms. The number of nitrogens with zero attached hydrogens (tertiary/aromatic N) is 1. The normalized spacial score (nSPS) is 21.4. The Morgan fingerprint density at radius 2 is 1.85 bits per heavy atom. The van der Waals surface area contributed by atoms with Crippen molar-refractivity contribution in [1.82, 2.24) is 15.5 Å². The van der Waals surface area contributed by atoms with Crippen LogP contribution in [0, 0.1) is 5.92 Å². The van der Waals surface area contributed by atoms with Crippen LogP contribution in [0.5, 0.6) is 0 Å². The molecule has 140 valence electrons. The average molecular weight is 357 g/mol. The lowest BCUT2D eigenvalue weighted by atomic mass is 9.81. The highest BCUT2D eigenvalue weighted by molar-refractivity contribution is 6.08. The predicted molar refractivity (Wildman–Crippen MR) is 98.2 cm³/mol. The molecule has 1 atom stereocenters. The lowest BCUT2D eigenvalue weighted by molar-refractivity contribution is -0.134. The Morgan fingerprint density at radius 3 is 2.42 bits per heavy atom. The summed E-state index contributed by atoms with van der Waals surface area (Å²) in [5.41, 5.74) is 0.116. The molecule has 1 aliphatic heterocycles. The Hall–Kier alpha value is -2.37. The van der Waals surface area contributed by atoms with Gasteiger partial charge in [-0.1, -0.05) is 49.6 Å². The molecule has 3 rings (SSSR count). The van der Waals surface area contributed by atoms with Crippen molar-refractivity contribution in [2.24, 2.45) is 5.92 Å². The molecule has 1 aromatic rings. The summed E-state index contributed by atoms with van der Waals surface area (Å²) in [5, 5.41) is 5.69. The van der Waals surface area contributed by atoms with Crippen molar-refractivity contribution in [2.75, 3.05) is 6.54 Å². The van der Waals surface area contributed by atoms with Crippen LogP contribution in [0.25, 0.3) is 0 Å². The number of rotatable bonds is 5. The minimum Gasteiger partial charge on any atom is -0.347 e. The third kappa shape index (κ3) is 3.89. The number of nitrogens with one attached hydrogen (secondary N) is 2. The third-order valence-corrected chi connectivity index (χ3v) is 5.34. The zero-order valence-electron chi connectivity index (χ0n) is 15.5. The number of imide groups is 1. The molecule has 1 saturated carbocycles. The molecule has 4 amide bonds. The number of urea groups is 1. The molecular weight excluding hydrogens is 330 g/mol. The highest BCUT2D eigenvalue weighted by Gasteiger charge is 2.45. The number of hydrogen-bond acceptors (Lipinski definition) is 3. The Balaban J connectivity index is 1.71. The molecule has 0 unspecified atom stereocenters. The van der Waals surface area contributed by atoms with E-state index in [1.807, 2.05) is 30.3 Å². The second-order valence-corrected chi connectivity index (χ2v) is 7.80. The lowest BCUT2D eigenvalue weighted by Crippen LogP contribution is -2.44. The van der Waals surface area contributed by atoms with E-state index in [1.54, 1.807) is 13.8 Å². The van der Waals surface area contributed by atoms with Crippen molar-refractivity contribution in [3.05, 3.63) is 35.9 Å². The Labute approximate surface area is 154 Å². The average Bonchev–Trinajstić information content (AvgIpc) is 2.83. The first kappa shape index (κ1) is 18.4. The van der Waals surface area contributed by atoms with Crippen molar-refractivity contribution < 1.29 is 14.4 Å². The van der Waals surface area contributed by atoms with Gasteiger partial charge < -0.3 is 10.6 Å². The third-order valence-electron chi connectivity index (χ3n) is 5.34. The predicted octanol–water partition coefficient (Wildman–Crippen LogP) is 2.75. The minimum absolute atomic E-state index is 0.0854. The van der Waals surface area contributed by atoms with Crippen LogP contribution in [0.2, 0.25) is 0 Å². The highest BCUT2D eigenvalue weighted by atomic mass is 16.2. The quantitative estimate of drug-likeness (QED) is 0.796. The molecular formula is C20H27N3O3. The maximum atomic E-state index is 12.6. The van der Waals surface area contributed by atoms with Gasteiger partial charge in [0.25, 0.3) is 5.91 Å². The maximum Gasteiger partial charge on any atom is 0.325 e. The van der Waals surface area contributed by atoms with Gasteiger partial charge in [-0.3, -0.25) is 14.5 Å². The number of carbonyl (C=O) groups excluding carboxylic acids is 3. The van der Waals surface area contributed by atoms with Crippen molar-refractivity contribution in [2.45, 2.75) is 57.5 Å². The van der Waals surface area contributed by atoms with E-state index in [0.717, 1.165) is 23.3 Å². The minimum atomic E-state index is -0.959. The van der Waals surface area contributed by atoms with Gasteiger partial charge in [0.2, 0.25) is 5.91 Å². The summed E-state index contributed by atoms with van der Waals surface area (Å²) in [5.74, 6) is -0.285. The second kappa shape index (κ2) is 7.48. The van der Waals surface area contributed by atoms with E-state index in [0.29, 0.717) is 5.92 Å². The molecule has 26 heavy (non-hydrogen) atoms. The maximum absolute atomic E-state index is 12.6. The van der Waals surface area contributed by atoms with Crippen LogP contribution in [0.3, 0.4) is 0 Å². The van der Waals surface area contributed by atoms with Crippen LogP contribution < -0.4 is 10.6 Å². The van der Waals surface area contributed by atoms with E-state index >= 15 is 0 Å². The number of hydrogen-bond donors (Lipinski definition) is 2. The monoisotopic (exact) mass is 357 g/mol. The molecule has 2 N–H and O–H groups in total. The molecule has 1 saturated heterocycles. The molecule has 1 aromatic carbocycles. The molecule has 2 fully saturated rings. The smallest absolute Gasteiger partial charge is 0.325 e. The molecule has 0 radical (unpaired) electrons. The fourth-order valence-corrected chi connectivity index (χ4v) is 3.93. The number of carbonyl (C=O) groups is 3. The summed E-state index contributed by atoms with van der Waals surface area (Å²) in [7, 11) is 0. The lowest BCUT2D eigenvalue weighted by Gasteiger charge is -2.31. The van der Waals surface area contributed by atoms with E-state index in [4.69, 9.17) is 0 Å². The molecule has 2 aliphatic rings. The Morgan fingerprint density at radius 1 is 1.19 bits per heavy atom. The fourth-order valence-electron chi connectivity index (χ4n) is 3.93. The molecule has 6 nitrogen and oxygen atoms in total. The largest absolute Gasteiger partial charge is 0.347 e. The summed E-state index contributed by atoms with van der Waals surface area (Å²) in [6, 6.07) is 9.35. The fraction of sp³-hybridized carbons (Fsp3) is 0.550. The Bertz CT molecular complexity index is 681. The van der Waals surface area contributed by atoms with Crippen LogP contribution in [-0.2, 0) is 9.59 Å². The summed E-state index contributed by atoms with van der Waals surface area (Å²) in [6.45, 7) is 3.03. The van der Waals surface area contributed by atoms with Gasteiger partial charge in [0.05, 0.1) is 6.04 Å². The van der Waals surface area contributed by atoms with E-state index in [1.165, 1.54) is 19.3 Å². The molecule has 6 heteroatoms.